The third kappa shape index (κ3) is 4.49. The molecule has 0 aliphatic carbocycles. The SMILES string of the molecule is C[C@@H](CNC(=O)Cc1ccc(Br)cc1)c1ccccc1. The maximum absolute atomic E-state index is 11.9. The molecule has 104 valence electrons. The van der Waals surface area contributed by atoms with E-state index in [0.717, 1.165) is 10.0 Å². The number of hydrogen-bond acceptors (Lipinski definition) is 1. The van der Waals surface area contributed by atoms with Crippen molar-refractivity contribution in [1.29, 1.82) is 0 Å². The average molecular weight is 332 g/mol. The number of rotatable bonds is 5. The summed E-state index contributed by atoms with van der Waals surface area (Å²) in [5, 5.41) is 2.99. The molecule has 0 bridgehead atoms. The van der Waals surface area contributed by atoms with Crippen LogP contribution in [-0.4, -0.2) is 12.5 Å². The molecule has 0 fully saturated rings. The molecule has 2 rings (SSSR count). The van der Waals surface area contributed by atoms with Crippen LogP contribution in [-0.2, 0) is 11.2 Å². The molecule has 1 amide bonds. The molecule has 0 saturated carbocycles. The molecule has 2 nitrogen and oxygen atoms in total. The zero-order valence-electron chi connectivity index (χ0n) is 11.5. The van der Waals surface area contributed by atoms with Gasteiger partial charge in [-0.15, -0.1) is 0 Å². The molecule has 0 aliphatic heterocycles. The Kier molecular flexibility index (Phi) is 5.36. The van der Waals surface area contributed by atoms with E-state index in [2.05, 4.69) is 40.3 Å². The number of amides is 1. The minimum absolute atomic E-state index is 0.0649. The summed E-state index contributed by atoms with van der Waals surface area (Å²) in [6.07, 6.45) is 0.425. The van der Waals surface area contributed by atoms with E-state index in [0.29, 0.717) is 18.9 Å². The molecule has 0 aliphatic rings. The molecular formula is C17H18BrNO. The number of hydrogen-bond donors (Lipinski definition) is 1. The largest absolute Gasteiger partial charge is 0.355 e. The van der Waals surface area contributed by atoms with Crippen LogP contribution in [0.15, 0.2) is 59.1 Å². The lowest BCUT2D eigenvalue weighted by Gasteiger charge is -2.13. The minimum atomic E-state index is 0.0649. The van der Waals surface area contributed by atoms with Crippen LogP contribution in [0.25, 0.3) is 0 Å². The highest BCUT2D eigenvalue weighted by atomic mass is 79.9. The van der Waals surface area contributed by atoms with Gasteiger partial charge in [-0.3, -0.25) is 4.79 Å². The first kappa shape index (κ1) is 14.8. The van der Waals surface area contributed by atoms with E-state index >= 15 is 0 Å². The summed E-state index contributed by atoms with van der Waals surface area (Å²) in [6, 6.07) is 18.1. The van der Waals surface area contributed by atoms with Gasteiger partial charge >= 0.3 is 0 Å². The molecule has 1 N–H and O–H groups in total. The maximum Gasteiger partial charge on any atom is 0.224 e. The molecule has 2 aromatic rings. The molecule has 1 atom stereocenters. The van der Waals surface area contributed by atoms with Crippen LogP contribution < -0.4 is 5.32 Å². The third-order valence-electron chi connectivity index (χ3n) is 3.25. The number of carbonyl (C=O) groups excluding carboxylic acids is 1. The second kappa shape index (κ2) is 7.25. The topological polar surface area (TPSA) is 29.1 Å². The third-order valence-corrected chi connectivity index (χ3v) is 3.78. The number of halogens is 1. The molecule has 2 aromatic carbocycles. The van der Waals surface area contributed by atoms with E-state index in [1.54, 1.807) is 0 Å². The van der Waals surface area contributed by atoms with Crippen molar-refractivity contribution >= 4 is 21.8 Å². The van der Waals surface area contributed by atoms with E-state index in [9.17, 15) is 4.79 Å². The standard InChI is InChI=1S/C17H18BrNO/c1-13(15-5-3-2-4-6-15)12-19-17(20)11-14-7-9-16(18)10-8-14/h2-10,13H,11-12H2,1H3,(H,19,20)/t13-/m0/s1. The monoisotopic (exact) mass is 331 g/mol. The van der Waals surface area contributed by atoms with E-state index < -0.39 is 0 Å². The lowest BCUT2D eigenvalue weighted by Crippen LogP contribution is -2.28. The van der Waals surface area contributed by atoms with Gasteiger partial charge in [-0.05, 0) is 29.2 Å². The van der Waals surface area contributed by atoms with Crippen LogP contribution in [0.5, 0.6) is 0 Å². The minimum Gasteiger partial charge on any atom is -0.355 e. The first-order valence-electron chi connectivity index (χ1n) is 6.71. The first-order valence-corrected chi connectivity index (χ1v) is 7.50. The lowest BCUT2D eigenvalue weighted by atomic mass is 10.0. The Morgan fingerprint density at radius 3 is 2.40 bits per heavy atom. The lowest BCUT2D eigenvalue weighted by molar-refractivity contribution is -0.120. The fourth-order valence-corrected chi connectivity index (χ4v) is 2.28. The van der Waals surface area contributed by atoms with E-state index in [-0.39, 0.29) is 5.91 Å². The molecule has 0 spiro atoms. The molecule has 0 unspecified atom stereocenters. The molecule has 3 heteroatoms. The molecule has 0 heterocycles. The summed E-state index contributed by atoms with van der Waals surface area (Å²) in [4.78, 5) is 11.9. The molecule has 0 saturated heterocycles. The number of benzene rings is 2. The van der Waals surface area contributed by atoms with Gasteiger partial charge in [-0.2, -0.15) is 0 Å². The van der Waals surface area contributed by atoms with Crippen LogP contribution in [0.1, 0.15) is 24.0 Å². The van der Waals surface area contributed by atoms with E-state index in [4.69, 9.17) is 0 Å². The van der Waals surface area contributed by atoms with Gasteiger partial charge in [0.1, 0.15) is 0 Å². The van der Waals surface area contributed by atoms with Crippen molar-refractivity contribution in [2.75, 3.05) is 6.54 Å². The number of nitrogens with one attached hydrogen (secondary N) is 1. The Balaban J connectivity index is 1.82. The fourth-order valence-electron chi connectivity index (χ4n) is 2.02. The summed E-state index contributed by atoms with van der Waals surface area (Å²) in [6.45, 7) is 2.79. The summed E-state index contributed by atoms with van der Waals surface area (Å²) in [5.41, 5.74) is 2.27. The second-order valence-electron chi connectivity index (χ2n) is 4.92. The number of carbonyl (C=O) groups is 1. The smallest absolute Gasteiger partial charge is 0.224 e. The summed E-state index contributed by atoms with van der Waals surface area (Å²) in [5.74, 6) is 0.389. The highest BCUT2D eigenvalue weighted by molar-refractivity contribution is 9.10. The van der Waals surface area contributed by atoms with Crippen molar-refractivity contribution < 1.29 is 4.79 Å². The molecule has 0 aromatic heterocycles. The zero-order chi connectivity index (χ0) is 14.4. The predicted molar refractivity (Wildman–Crippen MR) is 85.7 cm³/mol. The van der Waals surface area contributed by atoms with Crippen molar-refractivity contribution in [3.63, 3.8) is 0 Å². The average Bonchev–Trinajstić information content (AvgIpc) is 2.48. The predicted octanol–water partition coefficient (Wildman–Crippen LogP) is 3.91. The van der Waals surface area contributed by atoms with E-state index in [1.807, 2.05) is 42.5 Å². The Bertz CT molecular complexity index is 551. The summed E-state index contributed by atoms with van der Waals surface area (Å²) in [7, 11) is 0. The Hall–Kier alpha value is -1.61. The van der Waals surface area contributed by atoms with Gasteiger partial charge in [-0.1, -0.05) is 65.3 Å². The Morgan fingerprint density at radius 2 is 1.75 bits per heavy atom. The van der Waals surface area contributed by atoms with Crippen LogP contribution >= 0.6 is 15.9 Å². The molecule has 0 radical (unpaired) electrons. The van der Waals surface area contributed by atoms with Gasteiger partial charge in [0.2, 0.25) is 5.91 Å². The summed E-state index contributed by atoms with van der Waals surface area (Å²) >= 11 is 3.39. The van der Waals surface area contributed by atoms with Gasteiger partial charge in [0.25, 0.3) is 0 Å². The normalized spacial score (nSPS) is 11.9. The van der Waals surface area contributed by atoms with Crippen LogP contribution in [0, 0.1) is 0 Å². The first-order chi connectivity index (χ1) is 9.65. The Labute approximate surface area is 128 Å². The highest BCUT2D eigenvalue weighted by Gasteiger charge is 2.08. The van der Waals surface area contributed by atoms with E-state index in [1.165, 1.54) is 5.56 Å². The van der Waals surface area contributed by atoms with Gasteiger partial charge in [-0.25, -0.2) is 0 Å². The van der Waals surface area contributed by atoms with Crippen molar-refractivity contribution in [2.45, 2.75) is 19.3 Å². The highest BCUT2D eigenvalue weighted by Crippen LogP contribution is 2.13. The van der Waals surface area contributed by atoms with Crippen molar-refractivity contribution in [1.82, 2.24) is 5.32 Å². The van der Waals surface area contributed by atoms with Gasteiger partial charge in [0.05, 0.1) is 6.42 Å². The quantitative estimate of drug-likeness (QED) is 0.884. The Morgan fingerprint density at radius 1 is 1.10 bits per heavy atom. The van der Waals surface area contributed by atoms with Crippen LogP contribution in [0.2, 0.25) is 0 Å². The van der Waals surface area contributed by atoms with Gasteiger partial charge in [0, 0.05) is 11.0 Å². The molecule has 20 heavy (non-hydrogen) atoms. The molecular weight excluding hydrogens is 314 g/mol. The fraction of sp³-hybridized carbons (Fsp3) is 0.235. The van der Waals surface area contributed by atoms with Crippen LogP contribution in [0.3, 0.4) is 0 Å². The van der Waals surface area contributed by atoms with Crippen LogP contribution in [0.4, 0.5) is 0 Å². The maximum atomic E-state index is 11.9. The second-order valence-corrected chi connectivity index (χ2v) is 5.83. The van der Waals surface area contributed by atoms with Crippen molar-refractivity contribution in [2.24, 2.45) is 0 Å². The van der Waals surface area contributed by atoms with Crippen molar-refractivity contribution in [3.05, 3.63) is 70.2 Å². The zero-order valence-corrected chi connectivity index (χ0v) is 13.1. The van der Waals surface area contributed by atoms with Gasteiger partial charge < -0.3 is 5.32 Å². The van der Waals surface area contributed by atoms with Crippen molar-refractivity contribution in [3.8, 4) is 0 Å². The van der Waals surface area contributed by atoms with Gasteiger partial charge in [0.15, 0.2) is 0 Å². The summed E-state index contributed by atoms with van der Waals surface area (Å²) < 4.78 is 1.03.